The van der Waals surface area contributed by atoms with Crippen molar-refractivity contribution in [2.75, 3.05) is 51.8 Å². The van der Waals surface area contributed by atoms with Gasteiger partial charge in [0.1, 0.15) is 5.82 Å². The van der Waals surface area contributed by atoms with Crippen LogP contribution in [0.5, 0.6) is 0 Å². The number of amides is 1. The zero-order valence-electron chi connectivity index (χ0n) is 21.1. The average molecular weight is 478 g/mol. The number of benzene rings is 1. The highest BCUT2D eigenvalue weighted by atomic mass is 16.5. The molecular weight excluding hydrogens is 442 g/mol. The zero-order valence-corrected chi connectivity index (χ0v) is 21.1. The van der Waals surface area contributed by atoms with Crippen LogP contribution < -0.4 is 5.32 Å². The average Bonchev–Trinajstić information content (AvgIpc) is 3.10. The van der Waals surface area contributed by atoms with E-state index < -0.39 is 0 Å². The van der Waals surface area contributed by atoms with Crippen molar-refractivity contribution in [3.05, 3.63) is 54.1 Å². The smallest absolute Gasteiger partial charge is 0.253 e. The van der Waals surface area contributed by atoms with Crippen molar-refractivity contribution in [3.8, 4) is 11.4 Å². The molecule has 1 fully saturated rings. The van der Waals surface area contributed by atoms with Gasteiger partial charge in [-0.2, -0.15) is 0 Å². The molecule has 1 N–H and O–H groups in total. The fourth-order valence-corrected chi connectivity index (χ4v) is 4.48. The molecule has 0 spiro atoms. The molecule has 1 aromatic carbocycles. The van der Waals surface area contributed by atoms with Gasteiger partial charge in [0.2, 0.25) is 5.95 Å². The van der Waals surface area contributed by atoms with E-state index in [0.717, 1.165) is 68.7 Å². The maximum Gasteiger partial charge on any atom is 0.253 e. The quantitative estimate of drug-likeness (QED) is 0.528. The van der Waals surface area contributed by atoms with Gasteiger partial charge in [-0.1, -0.05) is 0 Å². The lowest BCUT2D eigenvalue weighted by molar-refractivity contribution is 0.0759. The molecule has 2 aromatic heterocycles. The minimum absolute atomic E-state index is 0.0701. The van der Waals surface area contributed by atoms with Crippen molar-refractivity contribution in [2.24, 2.45) is 0 Å². The number of carbonyl (C=O) groups is 1. The second-order valence-corrected chi connectivity index (χ2v) is 9.10. The van der Waals surface area contributed by atoms with Gasteiger partial charge in [0, 0.05) is 56.8 Å². The van der Waals surface area contributed by atoms with E-state index in [1.165, 1.54) is 0 Å². The van der Waals surface area contributed by atoms with E-state index in [1.807, 2.05) is 48.4 Å². The van der Waals surface area contributed by atoms with E-state index in [0.29, 0.717) is 11.5 Å². The van der Waals surface area contributed by atoms with Crippen molar-refractivity contribution < 1.29 is 9.53 Å². The van der Waals surface area contributed by atoms with E-state index in [9.17, 15) is 4.79 Å². The van der Waals surface area contributed by atoms with Gasteiger partial charge < -0.3 is 19.5 Å². The molecular formula is C26H35N7O2. The minimum atomic E-state index is 0.0701. The van der Waals surface area contributed by atoms with E-state index >= 15 is 0 Å². The van der Waals surface area contributed by atoms with Crippen molar-refractivity contribution >= 4 is 17.5 Å². The maximum absolute atomic E-state index is 13.1. The first kappa shape index (κ1) is 24.8. The Morgan fingerprint density at radius 1 is 1.09 bits per heavy atom. The number of aryl methyl sites for hydroxylation is 1. The van der Waals surface area contributed by atoms with Crippen LogP contribution in [0, 0.1) is 6.92 Å². The number of aromatic nitrogens is 4. The molecule has 9 heteroatoms. The highest BCUT2D eigenvalue weighted by Crippen LogP contribution is 2.24. The molecule has 186 valence electrons. The minimum Gasteiger partial charge on any atom is -0.383 e. The van der Waals surface area contributed by atoms with E-state index in [1.54, 1.807) is 13.3 Å². The largest absolute Gasteiger partial charge is 0.383 e. The summed E-state index contributed by atoms with van der Waals surface area (Å²) in [4.78, 5) is 30.9. The topological polar surface area (TPSA) is 88.4 Å². The fraction of sp³-hybridized carbons (Fsp3) is 0.462. The molecule has 3 heterocycles. The molecule has 4 rings (SSSR count). The van der Waals surface area contributed by atoms with Gasteiger partial charge in [0.25, 0.3) is 5.91 Å². The third-order valence-electron chi connectivity index (χ3n) is 6.29. The second-order valence-electron chi connectivity index (χ2n) is 9.10. The van der Waals surface area contributed by atoms with E-state index in [4.69, 9.17) is 9.72 Å². The van der Waals surface area contributed by atoms with Gasteiger partial charge >= 0.3 is 0 Å². The third-order valence-corrected chi connectivity index (χ3v) is 6.29. The molecule has 0 aliphatic carbocycles. The van der Waals surface area contributed by atoms with Crippen LogP contribution in [0.4, 0.5) is 11.6 Å². The van der Waals surface area contributed by atoms with Gasteiger partial charge in [-0.25, -0.2) is 15.0 Å². The van der Waals surface area contributed by atoms with Gasteiger partial charge in [-0.3, -0.25) is 9.69 Å². The first-order valence-corrected chi connectivity index (χ1v) is 12.2. The number of rotatable bonds is 8. The summed E-state index contributed by atoms with van der Waals surface area (Å²) in [6, 6.07) is 9.68. The third kappa shape index (κ3) is 6.04. The SMILES string of the molecule is COCCN1CCCN(C(=O)c2ccc(Nc3nccc(-c4cnc(C)n4C(C)C)n3)cc2)CC1. The van der Waals surface area contributed by atoms with Crippen LogP contribution >= 0.6 is 0 Å². The predicted molar refractivity (Wildman–Crippen MR) is 137 cm³/mol. The lowest BCUT2D eigenvalue weighted by Gasteiger charge is -2.22. The summed E-state index contributed by atoms with van der Waals surface area (Å²) >= 11 is 0. The number of nitrogens with zero attached hydrogens (tertiary/aromatic N) is 6. The molecule has 0 saturated carbocycles. The van der Waals surface area contributed by atoms with Crippen LogP contribution in [0.15, 0.2) is 42.7 Å². The lowest BCUT2D eigenvalue weighted by Crippen LogP contribution is -2.36. The molecule has 0 unspecified atom stereocenters. The lowest BCUT2D eigenvalue weighted by atomic mass is 10.1. The van der Waals surface area contributed by atoms with Crippen molar-refractivity contribution in [1.29, 1.82) is 0 Å². The number of anilines is 2. The molecule has 0 atom stereocenters. The summed E-state index contributed by atoms with van der Waals surface area (Å²) < 4.78 is 7.35. The Kier molecular flexibility index (Phi) is 8.09. The van der Waals surface area contributed by atoms with Crippen molar-refractivity contribution in [2.45, 2.75) is 33.2 Å². The molecule has 1 amide bonds. The monoisotopic (exact) mass is 477 g/mol. The van der Waals surface area contributed by atoms with Crippen LogP contribution in [0.2, 0.25) is 0 Å². The molecule has 35 heavy (non-hydrogen) atoms. The van der Waals surface area contributed by atoms with Crippen LogP contribution in [0.1, 0.15) is 42.5 Å². The summed E-state index contributed by atoms with van der Waals surface area (Å²) in [5.74, 6) is 1.52. The van der Waals surface area contributed by atoms with Gasteiger partial charge in [-0.15, -0.1) is 0 Å². The van der Waals surface area contributed by atoms with Crippen LogP contribution in [0.25, 0.3) is 11.4 Å². The maximum atomic E-state index is 13.1. The van der Waals surface area contributed by atoms with Gasteiger partial charge in [0.15, 0.2) is 0 Å². The van der Waals surface area contributed by atoms with Gasteiger partial charge in [0.05, 0.1) is 24.2 Å². The van der Waals surface area contributed by atoms with Crippen LogP contribution in [0.3, 0.4) is 0 Å². The molecule has 9 nitrogen and oxygen atoms in total. The highest BCUT2D eigenvalue weighted by molar-refractivity contribution is 5.94. The number of hydrogen-bond donors (Lipinski definition) is 1. The first-order valence-electron chi connectivity index (χ1n) is 12.2. The number of carbonyl (C=O) groups excluding carboxylic acids is 1. The second kappa shape index (κ2) is 11.4. The summed E-state index contributed by atoms with van der Waals surface area (Å²) in [6.45, 7) is 11.2. The van der Waals surface area contributed by atoms with Crippen LogP contribution in [-0.4, -0.2) is 81.7 Å². The Balaban J connectivity index is 1.41. The Labute approximate surface area is 207 Å². The number of methoxy groups -OCH3 is 1. The summed E-state index contributed by atoms with van der Waals surface area (Å²) in [5, 5.41) is 3.26. The highest BCUT2D eigenvalue weighted by Gasteiger charge is 2.20. The number of ether oxygens (including phenoxy) is 1. The fourth-order valence-electron chi connectivity index (χ4n) is 4.48. The normalized spacial score (nSPS) is 14.8. The molecule has 0 bridgehead atoms. The van der Waals surface area contributed by atoms with Gasteiger partial charge in [-0.05, 0) is 64.1 Å². The zero-order chi connectivity index (χ0) is 24.8. The Morgan fingerprint density at radius 3 is 2.63 bits per heavy atom. The predicted octanol–water partition coefficient (Wildman–Crippen LogP) is 3.77. The van der Waals surface area contributed by atoms with Crippen molar-refractivity contribution in [1.82, 2.24) is 29.3 Å². The Bertz CT molecular complexity index is 1130. The van der Waals surface area contributed by atoms with Crippen molar-refractivity contribution in [3.63, 3.8) is 0 Å². The summed E-state index contributed by atoms with van der Waals surface area (Å²) in [6.07, 6.45) is 4.56. The first-order chi connectivity index (χ1) is 17.0. The Hall–Kier alpha value is -3.30. The standard InChI is InChI=1S/C26H35N7O2/c1-19(2)33-20(3)28-18-24(33)23-10-11-27-26(30-23)29-22-8-6-21(7-9-22)25(34)32-13-5-12-31(14-15-32)16-17-35-4/h6-11,18-19H,5,12-17H2,1-4H3,(H,27,29,30). The van der Waals surface area contributed by atoms with Crippen LogP contribution in [-0.2, 0) is 4.74 Å². The van der Waals surface area contributed by atoms with E-state index in [2.05, 4.69) is 38.6 Å². The number of imidazole rings is 1. The van der Waals surface area contributed by atoms with E-state index in [-0.39, 0.29) is 11.9 Å². The molecule has 0 radical (unpaired) electrons. The number of nitrogens with one attached hydrogen (secondary N) is 1. The molecule has 3 aromatic rings. The molecule has 1 saturated heterocycles. The summed E-state index contributed by atoms with van der Waals surface area (Å²) in [5.41, 5.74) is 3.28. The number of hydrogen-bond acceptors (Lipinski definition) is 7. The molecule has 1 aliphatic rings. The molecule has 1 aliphatic heterocycles. The summed E-state index contributed by atoms with van der Waals surface area (Å²) in [7, 11) is 1.72. The Morgan fingerprint density at radius 2 is 1.89 bits per heavy atom.